The van der Waals surface area contributed by atoms with Crippen LogP contribution in [0.2, 0.25) is 0 Å². The number of halogens is 1. The van der Waals surface area contributed by atoms with Crippen molar-refractivity contribution in [3.8, 4) is 0 Å². The zero-order valence-corrected chi connectivity index (χ0v) is 6.59. The maximum atomic E-state index is 12.6. The van der Waals surface area contributed by atoms with Crippen molar-refractivity contribution in [3.63, 3.8) is 0 Å². The van der Waals surface area contributed by atoms with Crippen molar-refractivity contribution in [1.29, 1.82) is 0 Å². The molecule has 0 saturated carbocycles. The lowest BCUT2D eigenvalue weighted by molar-refractivity contribution is -0.131. The van der Waals surface area contributed by atoms with Crippen LogP contribution >= 0.6 is 0 Å². The molecular formula is C7H13FN2O. The largest absolute Gasteiger partial charge is 0.338 e. The first-order chi connectivity index (χ1) is 5.11. The molecule has 0 radical (unpaired) electrons. The van der Waals surface area contributed by atoms with Crippen molar-refractivity contribution in [2.45, 2.75) is 25.6 Å². The molecule has 0 bridgehead atoms. The molecule has 0 aromatic heterocycles. The van der Waals surface area contributed by atoms with Crippen LogP contribution in [0.4, 0.5) is 4.39 Å². The van der Waals surface area contributed by atoms with E-state index in [9.17, 15) is 9.18 Å². The zero-order valence-electron chi connectivity index (χ0n) is 6.59. The molecule has 1 unspecified atom stereocenters. The number of hydrogen-bond acceptors (Lipinski definition) is 2. The second kappa shape index (κ2) is 3.17. The monoisotopic (exact) mass is 160 g/mol. The van der Waals surface area contributed by atoms with Gasteiger partial charge < -0.3 is 10.6 Å². The maximum Gasteiger partial charge on any atom is 0.239 e. The first-order valence-corrected chi connectivity index (χ1v) is 3.79. The van der Waals surface area contributed by atoms with E-state index in [4.69, 9.17) is 5.73 Å². The highest BCUT2D eigenvalue weighted by atomic mass is 19.1. The van der Waals surface area contributed by atoms with Crippen LogP contribution in [-0.4, -0.2) is 36.1 Å². The van der Waals surface area contributed by atoms with Crippen LogP contribution in [0.25, 0.3) is 0 Å². The van der Waals surface area contributed by atoms with Gasteiger partial charge in [-0.1, -0.05) is 0 Å². The number of hydrogen-bond donors (Lipinski definition) is 1. The van der Waals surface area contributed by atoms with E-state index < -0.39 is 12.2 Å². The van der Waals surface area contributed by atoms with Gasteiger partial charge in [-0.15, -0.1) is 0 Å². The highest BCUT2D eigenvalue weighted by molar-refractivity contribution is 5.81. The fourth-order valence-electron chi connectivity index (χ4n) is 1.21. The van der Waals surface area contributed by atoms with Gasteiger partial charge in [-0.2, -0.15) is 0 Å². The average molecular weight is 160 g/mol. The van der Waals surface area contributed by atoms with Gasteiger partial charge in [0.2, 0.25) is 5.91 Å². The minimum atomic E-state index is -0.849. The summed E-state index contributed by atoms with van der Waals surface area (Å²) in [6.07, 6.45) is -0.393. The van der Waals surface area contributed by atoms with E-state index in [2.05, 4.69) is 0 Å². The summed E-state index contributed by atoms with van der Waals surface area (Å²) in [5.74, 6) is -0.148. The van der Waals surface area contributed by atoms with E-state index >= 15 is 0 Å². The summed E-state index contributed by atoms with van der Waals surface area (Å²) in [6, 6.07) is -0.500. The van der Waals surface area contributed by atoms with Crippen LogP contribution in [0.1, 0.15) is 13.3 Å². The molecule has 0 aromatic rings. The molecule has 1 aliphatic heterocycles. The van der Waals surface area contributed by atoms with Crippen LogP contribution in [0, 0.1) is 0 Å². The van der Waals surface area contributed by atoms with Gasteiger partial charge in [0.15, 0.2) is 0 Å². The van der Waals surface area contributed by atoms with E-state index in [1.54, 1.807) is 6.92 Å². The van der Waals surface area contributed by atoms with Crippen molar-refractivity contribution in [3.05, 3.63) is 0 Å². The molecule has 1 heterocycles. The SMILES string of the molecule is C[C@H](N)C(=O)N1CCC(F)C1. The smallest absolute Gasteiger partial charge is 0.239 e. The molecule has 2 atom stereocenters. The van der Waals surface area contributed by atoms with Crippen molar-refractivity contribution in [2.24, 2.45) is 5.73 Å². The van der Waals surface area contributed by atoms with E-state index in [-0.39, 0.29) is 12.5 Å². The number of amides is 1. The van der Waals surface area contributed by atoms with Gasteiger partial charge in [-0.25, -0.2) is 4.39 Å². The van der Waals surface area contributed by atoms with Gasteiger partial charge in [0, 0.05) is 6.54 Å². The number of nitrogens with zero attached hydrogens (tertiary/aromatic N) is 1. The Morgan fingerprint density at radius 1 is 1.82 bits per heavy atom. The van der Waals surface area contributed by atoms with Gasteiger partial charge in [-0.3, -0.25) is 4.79 Å². The van der Waals surface area contributed by atoms with Gasteiger partial charge in [0.05, 0.1) is 12.6 Å². The van der Waals surface area contributed by atoms with E-state index in [1.165, 1.54) is 4.90 Å². The first-order valence-electron chi connectivity index (χ1n) is 3.79. The van der Waals surface area contributed by atoms with E-state index in [0.717, 1.165) is 0 Å². The lowest BCUT2D eigenvalue weighted by atomic mass is 10.3. The molecule has 64 valence electrons. The Balaban J connectivity index is 2.43. The summed E-state index contributed by atoms with van der Waals surface area (Å²) in [7, 11) is 0. The molecule has 11 heavy (non-hydrogen) atoms. The Morgan fingerprint density at radius 2 is 2.45 bits per heavy atom. The zero-order chi connectivity index (χ0) is 8.43. The van der Waals surface area contributed by atoms with Crippen molar-refractivity contribution < 1.29 is 9.18 Å². The lowest BCUT2D eigenvalue weighted by Gasteiger charge is -2.16. The second-order valence-corrected chi connectivity index (χ2v) is 2.96. The maximum absolute atomic E-state index is 12.6. The quantitative estimate of drug-likeness (QED) is 0.582. The Morgan fingerprint density at radius 3 is 2.82 bits per heavy atom. The van der Waals surface area contributed by atoms with Gasteiger partial charge in [0.1, 0.15) is 6.17 Å². The summed E-state index contributed by atoms with van der Waals surface area (Å²) in [6.45, 7) is 2.36. The number of likely N-dealkylation sites (tertiary alicyclic amines) is 1. The van der Waals surface area contributed by atoms with Crippen molar-refractivity contribution in [1.82, 2.24) is 4.90 Å². The summed E-state index contributed by atoms with van der Waals surface area (Å²) < 4.78 is 12.6. The van der Waals surface area contributed by atoms with Crippen LogP contribution in [0.3, 0.4) is 0 Å². The first kappa shape index (κ1) is 8.46. The highest BCUT2D eigenvalue weighted by Gasteiger charge is 2.27. The Labute approximate surface area is 65.3 Å². The summed E-state index contributed by atoms with van der Waals surface area (Å²) in [4.78, 5) is 12.6. The third kappa shape index (κ3) is 1.89. The van der Waals surface area contributed by atoms with Crippen molar-refractivity contribution in [2.75, 3.05) is 13.1 Å². The number of rotatable bonds is 1. The average Bonchev–Trinajstić information content (AvgIpc) is 2.34. The highest BCUT2D eigenvalue weighted by Crippen LogP contribution is 2.12. The van der Waals surface area contributed by atoms with Crippen LogP contribution in [0.5, 0.6) is 0 Å². The summed E-state index contributed by atoms with van der Waals surface area (Å²) in [5.41, 5.74) is 5.35. The molecule has 1 fully saturated rings. The second-order valence-electron chi connectivity index (χ2n) is 2.96. The van der Waals surface area contributed by atoms with Crippen molar-refractivity contribution >= 4 is 5.91 Å². The number of nitrogens with two attached hydrogens (primary N) is 1. The fraction of sp³-hybridized carbons (Fsp3) is 0.857. The predicted molar refractivity (Wildman–Crippen MR) is 39.7 cm³/mol. The van der Waals surface area contributed by atoms with E-state index in [1.807, 2.05) is 0 Å². The molecule has 1 amide bonds. The standard InChI is InChI=1S/C7H13FN2O/c1-5(9)7(11)10-3-2-6(8)4-10/h5-6H,2-4,9H2,1H3/t5-,6?/m0/s1. The van der Waals surface area contributed by atoms with E-state index in [0.29, 0.717) is 13.0 Å². The third-order valence-corrected chi connectivity index (χ3v) is 1.83. The third-order valence-electron chi connectivity index (χ3n) is 1.83. The molecule has 4 heteroatoms. The predicted octanol–water partition coefficient (Wildman–Crippen LogP) is -0.0960. The van der Waals surface area contributed by atoms with Gasteiger partial charge in [0.25, 0.3) is 0 Å². The topological polar surface area (TPSA) is 46.3 Å². The normalized spacial score (nSPS) is 27.2. The molecule has 1 saturated heterocycles. The fourth-order valence-corrected chi connectivity index (χ4v) is 1.21. The molecule has 2 N–H and O–H groups in total. The molecule has 1 rings (SSSR count). The number of carbonyl (C=O) groups excluding carboxylic acids is 1. The molecule has 0 aliphatic carbocycles. The van der Waals surface area contributed by atoms with Gasteiger partial charge in [-0.05, 0) is 13.3 Å². The van der Waals surface area contributed by atoms with Crippen LogP contribution in [0.15, 0.2) is 0 Å². The van der Waals surface area contributed by atoms with Gasteiger partial charge >= 0.3 is 0 Å². The Hall–Kier alpha value is -0.640. The van der Waals surface area contributed by atoms with Crippen LogP contribution < -0.4 is 5.73 Å². The summed E-state index contributed by atoms with van der Waals surface area (Å²) in [5, 5.41) is 0. The molecule has 1 aliphatic rings. The number of carbonyl (C=O) groups is 1. The molecule has 3 nitrogen and oxygen atoms in total. The lowest BCUT2D eigenvalue weighted by Crippen LogP contribution is -2.40. The molecular weight excluding hydrogens is 147 g/mol. The molecule has 0 aromatic carbocycles. The Kier molecular flexibility index (Phi) is 2.44. The summed E-state index contributed by atoms with van der Waals surface area (Å²) >= 11 is 0. The van der Waals surface area contributed by atoms with Crippen LogP contribution in [-0.2, 0) is 4.79 Å². The Bertz CT molecular complexity index is 161. The minimum absolute atomic E-state index is 0.148. The number of alkyl halides is 1. The molecule has 0 spiro atoms. The minimum Gasteiger partial charge on any atom is -0.338 e.